The second-order valence-electron chi connectivity index (χ2n) is 5.35. The third-order valence-electron chi connectivity index (χ3n) is 4.07. The zero-order valence-electron chi connectivity index (χ0n) is 12.1. The van der Waals surface area contributed by atoms with E-state index in [0.29, 0.717) is 0 Å². The highest BCUT2D eigenvalue weighted by Gasteiger charge is 2.21. The molecule has 0 unspecified atom stereocenters. The summed E-state index contributed by atoms with van der Waals surface area (Å²) in [6.07, 6.45) is 4.18. The summed E-state index contributed by atoms with van der Waals surface area (Å²) in [5.74, 6) is 0.880. The molecule has 2 nitrogen and oxygen atoms in total. The van der Waals surface area contributed by atoms with E-state index in [1.54, 1.807) is 0 Å². The van der Waals surface area contributed by atoms with E-state index in [1.165, 1.54) is 37.1 Å². The molecule has 106 valence electrons. The zero-order valence-corrected chi connectivity index (χ0v) is 12.8. The molecule has 0 aromatic heterocycles. The number of benzene rings is 1. The number of hydrogen-bond acceptors (Lipinski definition) is 2. The predicted octanol–water partition coefficient (Wildman–Crippen LogP) is 4.08. The fourth-order valence-corrected chi connectivity index (χ4v) is 2.89. The van der Waals surface area contributed by atoms with Crippen LogP contribution in [0.5, 0.6) is 0 Å². The number of halogens is 1. The molecule has 0 atom stereocenters. The number of anilines is 1. The van der Waals surface area contributed by atoms with Crippen LogP contribution in [0.3, 0.4) is 0 Å². The van der Waals surface area contributed by atoms with Gasteiger partial charge in [0.25, 0.3) is 0 Å². The molecule has 0 heterocycles. The van der Waals surface area contributed by atoms with E-state index in [1.807, 2.05) is 6.07 Å². The first-order chi connectivity index (χ1) is 9.26. The Kier molecular flexibility index (Phi) is 5.53. The van der Waals surface area contributed by atoms with Crippen molar-refractivity contribution in [3.63, 3.8) is 0 Å². The van der Waals surface area contributed by atoms with Crippen LogP contribution in [0.15, 0.2) is 18.2 Å². The van der Waals surface area contributed by atoms with Crippen molar-refractivity contribution in [1.29, 1.82) is 0 Å². The van der Waals surface area contributed by atoms with Gasteiger partial charge in [0.05, 0.1) is 0 Å². The number of hydrogen-bond donors (Lipinski definition) is 1. The Morgan fingerprint density at radius 3 is 2.68 bits per heavy atom. The maximum absolute atomic E-state index is 6.38. The normalized spacial score (nSPS) is 15.3. The average Bonchev–Trinajstić information content (AvgIpc) is 2.36. The summed E-state index contributed by atoms with van der Waals surface area (Å²) in [6.45, 7) is 8.41. The molecule has 0 radical (unpaired) electrons. The van der Waals surface area contributed by atoms with Gasteiger partial charge in [-0.25, -0.2) is 0 Å². The van der Waals surface area contributed by atoms with Crippen LogP contribution in [-0.4, -0.2) is 19.6 Å². The monoisotopic (exact) mass is 280 g/mol. The van der Waals surface area contributed by atoms with Crippen molar-refractivity contribution in [1.82, 2.24) is 5.32 Å². The first-order valence-electron chi connectivity index (χ1n) is 7.49. The maximum Gasteiger partial charge on any atom is 0.0471 e. The molecule has 1 aliphatic carbocycles. The smallest absolute Gasteiger partial charge is 0.0471 e. The molecular formula is C16H25ClN2. The third kappa shape index (κ3) is 3.64. The van der Waals surface area contributed by atoms with Gasteiger partial charge in [-0.2, -0.15) is 0 Å². The minimum Gasteiger partial charge on any atom is -0.371 e. The second-order valence-corrected chi connectivity index (χ2v) is 5.76. The molecule has 0 amide bonds. The van der Waals surface area contributed by atoms with Gasteiger partial charge in [-0.3, -0.25) is 0 Å². The zero-order chi connectivity index (χ0) is 13.7. The van der Waals surface area contributed by atoms with Gasteiger partial charge in [-0.1, -0.05) is 31.0 Å². The second kappa shape index (κ2) is 7.16. The molecule has 3 heteroatoms. The van der Waals surface area contributed by atoms with Gasteiger partial charge in [0, 0.05) is 35.9 Å². The highest BCUT2D eigenvalue weighted by Crippen LogP contribution is 2.32. The Labute approximate surface area is 122 Å². The minimum atomic E-state index is 0.854. The maximum atomic E-state index is 6.38. The lowest BCUT2D eigenvalue weighted by molar-refractivity contribution is 0.318. The Morgan fingerprint density at radius 2 is 2.11 bits per heavy atom. The van der Waals surface area contributed by atoms with Gasteiger partial charge in [0.15, 0.2) is 0 Å². The first kappa shape index (κ1) is 14.7. The van der Waals surface area contributed by atoms with Crippen molar-refractivity contribution in [2.24, 2.45) is 5.92 Å². The Hall–Kier alpha value is -0.730. The molecule has 1 aromatic carbocycles. The molecule has 2 rings (SSSR count). The van der Waals surface area contributed by atoms with Crippen LogP contribution in [0.4, 0.5) is 5.69 Å². The molecule has 0 spiro atoms. The Morgan fingerprint density at radius 1 is 1.32 bits per heavy atom. The fraction of sp³-hybridized carbons (Fsp3) is 0.625. The first-order valence-corrected chi connectivity index (χ1v) is 7.87. The fourth-order valence-electron chi connectivity index (χ4n) is 2.65. The standard InChI is InChI=1S/C16H25ClN2/c1-3-18-11-14-15(17)9-6-10-16(14)19(4-2)12-13-7-5-8-13/h6,9-10,13,18H,3-5,7-8,11-12H2,1-2H3. The molecule has 1 saturated carbocycles. The molecule has 1 N–H and O–H groups in total. The van der Waals surface area contributed by atoms with Crippen LogP contribution in [0.25, 0.3) is 0 Å². The van der Waals surface area contributed by atoms with Crippen molar-refractivity contribution in [3.05, 3.63) is 28.8 Å². The largest absolute Gasteiger partial charge is 0.371 e. The molecule has 1 aliphatic rings. The van der Waals surface area contributed by atoms with Crippen molar-refractivity contribution >= 4 is 17.3 Å². The minimum absolute atomic E-state index is 0.854. The summed E-state index contributed by atoms with van der Waals surface area (Å²) < 4.78 is 0. The highest BCUT2D eigenvalue weighted by molar-refractivity contribution is 6.31. The van der Waals surface area contributed by atoms with E-state index in [0.717, 1.165) is 30.6 Å². The number of rotatable bonds is 7. The lowest BCUT2D eigenvalue weighted by atomic mass is 9.85. The predicted molar refractivity (Wildman–Crippen MR) is 84.1 cm³/mol. The average molecular weight is 281 g/mol. The van der Waals surface area contributed by atoms with E-state index < -0.39 is 0 Å². The van der Waals surface area contributed by atoms with E-state index in [2.05, 4.69) is 36.2 Å². The lowest BCUT2D eigenvalue weighted by Crippen LogP contribution is -2.33. The van der Waals surface area contributed by atoms with Crippen LogP contribution < -0.4 is 10.2 Å². The number of nitrogens with one attached hydrogen (secondary N) is 1. The van der Waals surface area contributed by atoms with E-state index >= 15 is 0 Å². The number of nitrogens with zero attached hydrogens (tertiary/aromatic N) is 1. The lowest BCUT2D eigenvalue weighted by Gasteiger charge is -2.34. The molecular weight excluding hydrogens is 256 g/mol. The Balaban J connectivity index is 2.16. The van der Waals surface area contributed by atoms with E-state index in [9.17, 15) is 0 Å². The van der Waals surface area contributed by atoms with Gasteiger partial charge < -0.3 is 10.2 Å². The summed E-state index contributed by atoms with van der Waals surface area (Å²) in [4.78, 5) is 2.49. The Bertz CT molecular complexity index is 402. The van der Waals surface area contributed by atoms with Crippen molar-refractivity contribution in [3.8, 4) is 0 Å². The summed E-state index contributed by atoms with van der Waals surface area (Å²) in [6, 6.07) is 6.27. The summed E-state index contributed by atoms with van der Waals surface area (Å²) in [5, 5.41) is 4.28. The van der Waals surface area contributed by atoms with Crippen LogP contribution in [-0.2, 0) is 6.54 Å². The van der Waals surface area contributed by atoms with Gasteiger partial charge in [-0.05, 0) is 44.4 Å². The molecule has 0 saturated heterocycles. The quantitative estimate of drug-likeness (QED) is 0.810. The summed E-state index contributed by atoms with van der Waals surface area (Å²) in [7, 11) is 0. The van der Waals surface area contributed by atoms with E-state index in [4.69, 9.17) is 11.6 Å². The van der Waals surface area contributed by atoms with Crippen LogP contribution in [0.1, 0.15) is 38.7 Å². The van der Waals surface area contributed by atoms with Crippen LogP contribution in [0.2, 0.25) is 5.02 Å². The van der Waals surface area contributed by atoms with Gasteiger partial charge in [0.2, 0.25) is 0 Å². The highest BCUT2D eigenvalue weighted by atomic mass is 35.5. The topological polar surface area (TPSA) is 15.3 Å². The van der Waals surface area contributed by atoms with Crippen LogP contribution in [0, 0.1) is 5.92 Å². The van der Waals surface area contributed by atoms with Gasteiger partial charge >= 0.3 is 0 Å². The molecule has 0 bridgehead atoms. The molecule has 19 heavy (non-hydrogen) atoms. The third-order valence-corrected chi connectivity index (χ3v) is 4.43. The van der Waals surface area contributed by atoms with Crippen LogP contribution >= 0.6 is 11.6 Å². The SMILES string of the molecule is CCNCc1c(Cl)cccc1N(CC)CC1CCC1. The van der Waals surface area contributed by atoms with Crippen molar-refractivity contribution in [2.75, 3.05) is 24.5 Å². The molecule has 1 aromatic rings. The summed E-state index contributed by atoms with van der Waals surface area (Å²) >= 11 is 6.38. The van der Waals surface area contributed by atoms with Gasteiger partial charge in [-0.15, -0.1) is 0 Å². The van der Waals surface area contributed by atoms with Gasteiger partial charge in [0.1, 0.15) is 0 Å². The molecule has 1 fully saturated rings. The van der Waals surface area contributed by atoms with Crippen molar-refractivity contribution in [2.45, 2.75) is 39.7 Å². The summed E-state index contributed by atoms with van der Waals surface area (Å²) in [5.41, 5.74) is 2.55. The van der Waals surface area contributed by atoms with E-state index in [-0.39, 0.29) is 0 Å². The van der Waals surface area contributed by atoms with Crippen molar-refractivity contribution < 1.29 is 0 Å². The molecule has 0 aliphatic heterocycles.